The molecule has 0 unspecified atom stereocenters. The summed E-state index contributed by atoms with van der Waals surface area (Å²) in [5.41, 5.74) is 4.64. The summed E-state index contributed by atoms with van der Waals surface area (Å²) < 4.78 is 13.4. The van der Waals surface area contributed by atoms with Crippen molar-refractivity contribution in [2.24, 2.45) is 5.10 Å². The van der Waals surface area contributed by atoms with Crippen molar-refractivity contribution < 1.29 is 9.47 Å². The molecule has 5 rings (SSSR count). The number of rotatable bonds is 9. The molecule has 8 heteroatoms. The van der Waals surface area contributed by atoms with E-state index in [9.17, 15) is 4.79 Å². The Hall–Kier alpha value is -4.13. The van der Waals surface area contributed by atoms with Crippen molar-refractivity contribution >= 4 is 40.3 Å². The van der Waals surface area contributed by atoms with Gasteiger partial charge < -0.3 is 9.47 Å². The molecule has 0 saturated carbocycles. The first-order valence-corrected chi connectivity index (χ1v) is 14.5. The fourth-order valence-electron chi connectivity index (χ4n) is 4.69. The van der Waals surface area contributed by atoms with Crippen molar-refractivity contribution in [3.8, 4) is 22.9 Å². The first-order valence-electron chi connectivity index (χ1n) is 13.8. The van der Waals surface area contributed by atoms with Crippen LogP contribution in [-0.4, -0.2) is 22.5 Å². The molecule has 4 aromatic carbocycles. The van der Waals surface area contributed by atoms with Crippen LogP contribution < -0.4 is 15.0 Å². The lowest BCUT2D eigenvalue weighted by Crippen LogP contribution is -2.21. The lowest BCUT2D eigenvalue weighted by molar-refractivity contribution is 0.306. The molecule has 1 heterocycles. The maximum atomic E-state index is 13.8. The van der Waals surface area contributed by atoms with E-state index in [4.69, 9.17) is 37.7 Å². The largest absolute Gasteiger partial charge is 0.494 e. The number of nitrogens with zero attached hydrogens (tertiary/aromatic N) is 3. The Morgan fingerprint density at radius 1 is 0.929 bits per heavy atom. The van der Waals surface area contributed by atoms with Gasteiger partial charge >= 0.3 is 0 Å². The van der Waals surface area contributed by atoms with Crippen molar-refractivity contribution in [2.45, 2.75) is 40.2 Å². The van der Waals surface area contributed by atoms with Crippen molar-refractivity contribution in [1.29, 1.82) is 0 Å². The van der Waals surface area contributed by atoms with E-state index in [0.29, 0.717) is 51.3 Å². The predicted octanol–water partition coefficient (Wildman–Crippen LogP) is 8.66. The summed E-state index contributed by atoms with van der Waals surface area (Å²) in [6.45, 7) is 9.06. The van der Waals surface area contributed by atoms with Crippen LogP contribution in [0.1, 0.15) is 48.9 Å². The van der Waals surface area contributed by atoms with Gasteiger partial charge in [0.2, 0.25) is 0 Å². The second-order valence-electron chi connectivity index (χ2n) is 10.2. The van der Waals surface area contributed by atoms with Crippen molar-refractivity contribution in [1.82, 2.24) is 9.66 Å². The summed E-state index contributed by atoms with van der Waals surface area (Å²) in [7, 11) is 0. The Balaban J connectivity index is 1.63. The molecule has 0 radical (unpaired) electrons. The van der Waals surface area contributed by atoms with Crippen molar-refractivity contribution in [3.05, 3.63) is 122 Å². The van der Waals surface area contributed by atoms with E-state index in [1.54, 1.807) is 30.5 Å². The number of hydrogen-bond acceptors (Lipinski definition) is 5. The number of fused-ring (bicyclic) bond motifs is 1. The first kappa shape index (κ1) is 29.4. The van der Waals surface area contributed by atoms with Crippen LogP contribution >= 0.6 is 23.2 Å². The fourth-order valence-corrected chi connectivity index (χ4v) is 5.00. The van der Waals surface area contributed by atoms with Crippen LogP contribution in [0.2, 0.25) is 10.0 Å². The molecule has 0 saturated heterocycles. The van der Waals surface area contributed by atoms with Crippen LogP contribution in [0.15, 0.2) is 88.8 Å². The molecule has 1 aromatic heterocycles. The summed E-state index contributed by atoms with van der Waals surface area (Å²) in [5.74, 6) is 2.03. The van der Waals surface area contributed by atoms with E-state index in [1.165, 1.54) is 4.68 Å². The average Bonchev–Trinajstić information content (AvgIpc) is 2.97. The number of benzene rings is 4. The predicted molar refractivity (Wildman–Crippen MR) is 172 cm³/mol. The lowest BCUT2D eigenvalue weighted by atomic mass is 9.96. The zero-order valence-electron chi connectivity index (χ0n) is 23.9. The van der Waals surface area contributed by atoms with Crippen LogP contribution in [0, 0.1) is 6.92 Å². The lowest BCUT2D eigenvalue weighted by Gasteiger charge is -2.18. The highest BCUT2D eigenvalue weighted by Crippen LogP contribution is 2.34. The second-order valence-corrected chi connectivity index (χ2v) is 11.1. The minimum absolute atomic E-state index is 0.196. The van der Waals surface area contributed by atoms with Gasteiger partial charge in [-0.1, -0.05) is 61.3 Å². The van der Waals surface area contributed by atoms with Gasteiger partial charge in [0.25, 0.3) is 5.56 Å². The number of hydrogen-bond donors (Lipinski definition) is 0. The van der Waals surface area contributed by atoms with Gasteiger partial charge in [0.15, 0.2) is 5.82 Å². The molecule has 0 atom stereocenters. The summed E-state index contributed by atoms with van der Waals surface area (Å²) in [6, 6.07) is 24.1. The quantitative estimate of drug-likeness (QED) is 0.159. The van der Waals surface area contributed by atoms with E-state index in [2.05, 4.69) is 18.9 Å². The maximum absolute atomic E-state index is 13.8. The van der Waals surface area contributed by atoms with Gasteiger partial charge in [0.05, 0.1) is 23.7 Å². The van der Waals surface area contributed by atoms with Gasteiger partial charge in [-0.3, -0.25) is 4.79 Å². The van der Waals surface area contributed by atoms with Gasteiger partial charge in [0.1, 0.15) is 18.1 Å². The monoisotopic (exact) mass is 599 g/mol. The normalized spacial score (nSPS) is 11.5. The van der Waals surface area contributed by atoms with E-state index in [1.807, 2.05) is 68.4 Å². The Morgan fingerprint density at radius 2 is 1.67 bits per heavy atom. The molecule has 0 aliphatic carbocycles. The van der Waals surface area contributed by atoms with Crippen LogP contribution in [0.3, 0.4) is 0 Å². The Bertz CT molecular complexity index is 1830. The molecule has 0 fully saturated rings. The minimum atomic E-state index is -0.281. The molecule has 0 aliphatic rings. The number of halogens is 2. The van der Waals surface area contributed by atoms with Crippen LogP contribution in [0.25, 0.3) is 22.3 Å². The third-order valence-electron chi connectivity index (χ3n) is 6.87. The van der Waals surface area contributed by atoms with Crippen LogP contribution in [-0.2, 0) is 6.61 Å². The zero-order valence-corrected chi connectivity index (χ0v) is 25.4. The summed E-state index contributed by atoms with van der Waals surface area (Å²) in [4.78, 5) is 18.8. The van der Waals surface area contributed by atoms with E-state index in [0.717, 1.165) is 28.0 Å². The number of para-hydroxylation sites is 1. The standard InChI is InChI=1S/C34H31Cl2N3O3/c1-5-41-32-16-22(4)29(18-28(32)21(2)3)33-38-30-9-7-6-8-27(30)34(40)39(33)37-19-24-17-26(36)14-15-31(24)42-20-23-10-12-25(35)13-11-23/h6-19,21H,5,20H2,1-4H3. The summed E-state index contributed by atoms with van der Waals surface area (Å²) in [5, 5.41) is 6.32. The van der Waals surface area contributed by atoms with Crippen LogP contribution in [0.4, 0.5) is 0 Å². The van der Waals surface area contributed by atoms with Crippen molar-refractivity contribution in [3.63, 3.8) is 0 Å². The molecular formula is C34H31Cl2N3O3. The molecule has 5 aromatic rings. The summed E-state index contributed by atoms with van der Waals surface area (Å²) in [6.07, 6.45) is 1.58. The number of aryl methyl sites for hydroxylation is 1. The second kappa shape index (κ2) is 12.8. The molecule has 42 heavy (non-hydrogen) atoms. The molecule has 0 N–H and O–H groups in total. The highest BCUT2D eigenvalue weighted by molar-refractivity contribution is 6.31. The van der Waals surface area contributed by atoms with Gasteiger partial charge in [-0.25, -0.2) is 4.98 Å². The smallest absolute Gasteiger partial charge is 0.282 e. The third-order valence-corrected chi connectivity index (χ3v) is 7.35. The van der Waals surface area contributed by atoms with Crippen molar-refractivity contribution in [2.75, 3.05) is 6.61 Å². The molecule has 0 aliphatic heterocycles. The Kier molecular flexibility index (Phi) is 8.95. The number of aromatic nitrogens is 2. The topological polar surface area (TPSA) is 65.7 Å². The van der Waals surface area contributed by atoms with E-state index >= 15 is 0 Å². The Morgan fingerprint density at radius 3 is 2.40 bits per heavy atom. The van der Waals surface area contributed by atoms with Gasteiger partial charge in [-0.15, -0.1) is 0 Å². The third kappa shape index (κ3) is 6.35. The number of ether oxygens (including phenoxy) is 2. The van der Waals surface area contributed by atoms with Gasteiger partial charge in [0, 0.05) is 21.2 Å². The van der Waals surface area contributed by atoms with Crippen LogP contribution in [0.5, 0.6) is 11.5 Å². The maximum Gasteiger partial charge on any atom is 0.282 e. The van der Waals surface area contributed by atoms with Gasteiger partial charge in [-0.05, 0) is 91.1 Å². The Labute approximate surface area is 255 Å². The molecule has 6 nitrogen and oxygen atoms in total. The molecular weight excluding hydrogens is 569 g/mol. The van der Waals surface area contributed by atoms with E-state index in [-0.39, 0.29) is 11.5 Å². The fraction of sp³-hybridized carbons (Fsp3) is 0.206. The molecule has 0 spiro atoms. The summed E-state index contributed by atoms with van der Waals surface area (Å²) >= 11 is 12.4. The van der Waals surface area contributed by atoms with Gasteiger partial charge in [-0.2, -0.15) is 9.78 Å². The zero-order chi connectivity index (χ0) is 29.8. The first-order chi connectivity index (χ1) is 20.2. The molecule has 214 valence electrons. The van der Waals surface area contributed by atoms with E-state index < -0.39 is 0 Å². The SMILES string of the molecule is CCOc1cc(C)c(-c2nc3ccccc3c(=O)n2N=Cc2cc(Cl)ccc2OCc2ccc(Cl)cc2)cc1C(C)C. The highest BCUT2D eigenvalue weighted by atomic mass is 35.5. The minimum Gasteiger partial charge on any atom is -0.494 e. The molecule has 0 bridgehead atoms. The average molecular weight is 601 g/mol. The highest BCUT2D eigenvalue weighted by Gasteiger charge is 2.19. The molecule has 0 amide bonds.